The van der Waals surface area contributed by atoms with E-state index in [1.807, 2.05) is 23.1 Å². The van der Waals surface area contributed by atoms with E-state index >= 15 is 0 Å². The molecule has 0 spiro atoms. The quantitative estimate of drug-likeness (QED) is 0.842. The molecule has 0 aliphatic carbocycles. The molecular formula is C15H21N3OS. The molecule has 2 aliphatic heterocycles. The maximum absolute atomic E-state index is 12.5. The SMILES string of the molecule is CCSc1ccccc1NC(=O)N1CC[C@@H]2CNC[C@@H]21. The number of hydrogen-bond acceptors (Lipinski definition) is 3. The molecule has 2 atom stereocenters. The largest absolute Gasteiger partial charge is 0.322 e. The van der Waals surface area contributed by atoms with Crippen molar-refractivity contribution >= 4 is 23.5 Å². The third-order valence-electron chi connectivity index (χ3n) is 4.13. The first-order valence-electron chi connectivity index (χ1n) is 7.29. The summed E-state index contributed by atoms with van der Waals surface area (Å²) in [5.74, 6) is 1.65. The first-order valence-corrected chi connectivity index (χ1v) is 8.28. The van der Waals surface area contributed by atoms with Crippen molar-refractivity contribution in [1.82, 2.24) is 10.2 Å². The van der Waals surface area contributed by atoms with Crippen LogP contribution in [0.5, 0.6) is 0 Å². The molecule has 2 saturated heterocycles. The molecule has 2 aliphatic rings. The van der Waals surface area contributed by atoms with E-state index in [9.17, 15) is 4.79 Å². The van der Waals surface area contributed by atoms with Crippen LogP contribution in [0.2, 0.25) is 0 Å². The molecule has 2 amide bonds. The van der Waals surface area contributed by atoms with E-state index in [1.54, 1.807) is 11.8 Å². The molecule has 0 unspecified atom stereocenters. The van der Waals surface area contributed by atoms with Gasteiger partial charge < -0.3 is 15.5 Å². The van der Waals surface area contributed by atoms with Gasteiger partial charge in [0, 0.05) is 30.6 Å². The molecule has 1 aromatic rings. The average molecular weight is 291 g/mol. The highest BCUT2D eigenvalue weighted by atomic mass is 32.2. The number of thioether (sulfide) groups is 1. The van der Waals surface area contributed by atoms with Crippen LogP contribution in [-0.4, -0.2) is 42.4 Å². The highest BCUT2D eigenvalue weighted by molar-refractivity contribution is 7.99. The predicted molar refractivity (Wildman–Crippen MR) is 83.3 cm³/mol. The summed E-state index contributed by atoms with van der Waals surface area (Å²) < 4.78 is 0. The fourth-order valence-electron chi connectivity index (χ4n) is 3.14. The van der Waals surface area contributed by atoms with E-state index in [1.165, 1.54) is 0 Å². The molecule has 5 heteroatoms. The summed E-state index contributed by atoms with van der Waals surface area (Å²) >= 11 is 1.76. The fourth-order valence-corrected chi connectivity index (χ4v) is 3.90. The Labute approximate surface area is 124 Å². The number of nitrogens with zero attached hydrogens (tertiary/aromatic N) is 1. The number of carbonyl (C=O) groups excluding carboxylic acids is 1. The maximum atomic E-state index is 12.5. The van der Waals surface area contributed by atoms with Gasteiger partial charge >= 0.3 is 6.03 Å². The van der Waals surface area contributed by atoms with Gasteiger partial charge in [-0.3, -0.25) is 0 Å². The molecular weight excluding hydrogens is 270 g/mol. The number of amides is 2. The Hall–Kier alpha value is -1.20. The zero-order valence-corrected chi connectivity index (χ0v) is 12.6. The van der Waals surface area contributed by atoms with Crippen LogP contribution in [0.4, 0.5) is 10.5 Å². The van der Waals surface area contributed by atoms with Gasteiger partial charge in [0.1, 0.15) is 0 Å². The molecule has 2 heterocycles. The summed E-state index contributed by atoms with van der Waals surface area (Å²) in [6.07, 6.45) is 1.12. The fraction of sp³-hybridized carbons (Fsp3) is 0.533. The third-order valence-corrected chi connectivity index (χ3v) is 5.09. The van der Waals surface area contributed by atoms with Crippen LogP contribution < -0.4 is 10.6 Å². The van der Waals surface area contributed by atoms with Gasteiger partial charge in [-0.15, -0.1) is 11.8 Å². The Morgan fingerprint density at radius 2 is 2.30 bits per heavy atom. The van der Waals surface area contributed by atoms with Gasteiger partial charge in [0.2, 0.25) is 0 Å². The van der Waals surface area contributed by atoms with E-state index in [4.69, 9.17) is 0 Å². The van der Waals surface area contributed by atoms with Gasteiger partial charge in [-0.25, -0.2) is 4.79 Å². The smallest absolute Gasteiger partial charge is 0.320 e. The van der Waals surface area contributed by atoms with Crippen molar-refractivity contribution in [1.29, 1.82) is 0 Å². The molecule has 4 nitrogen and oxygen atoms in total. The Balaban J connectivity index is 1.70. The lowest BCUT2D eigenvalue weighted by Gasteiger charge is -2.24. The number of rotatable bonds is 3. The number of fused-ring (bicyclic) bond motifs is 1. The molecule has 2 N–H and O–H groups in total. The van der Waals surface area contributed by atoms with Gasteiger partial charge in [0.15, 0.2) is 0 Å². The average Bonchev–Trinajstić information content (AvgIpc) is 3.03. The zero-order valence-electron chi connectivity index (χ0n) is 11.8. The molecule has 1 aromatic carbocycles. The van der Waals surface area contributed by atoms with Crippen molar-refractivity contribution < 1.29 is 4.79 Å². The summed E-state index contributed by atoms with van der Waals surface area (Å²) in [6, 6.07) is 8.45. The van der Waals surface area contributed by atoms with Crippen LogP contribution in [0.1, 0.15) is 13.3 Å². The molecule has 0 radical (unpaired) electrons. The number of urea groups is 1. The molecule has 20 heavy (non-hydrogen) atoms. The molecule has 2 fully saturated rings. The normalized spacial score (nSPS) is 24.8. The minimum Gasteiger partial charge on any atom is -0.320 e. The summed E-state index contributed by atoms with van der Waals surface area (Å²) in [5, 5.41) is 6.47. The molecule has 0 aromatic heterocycles. The number of nitrogens with one attached hydrogen (secondary N) is 2. The second kappa shape index (κ2) is 6.06. The van der Waals surface area contributed by atoms with Crippen LogP contribution in [-0.2, 0) is 0 Å². The van der Waals surface area contributed by atoms with Crippen LogP contribution in [0.15, 0.2) is 29.2 Å². The number of hydrogen-bond donors (Lipinski definition) is 2. The van der Waals surface area contributed by atoms with Crippen molar-refractivity contribution in [2.45, 2.75) is 24.3 Å². The minimum absolute atomic E-state index is 0.0466. The first kappa shape index (κ1) is 13.8. The van der Waals surface area contributed by atoms with E-state index in [2.05, 4.69) is 23.6 Å². The van der Waals surface area contributed by atoms with Crippen molar-refractivity contribution in [2.75, 3.05) is 30.7 Å². The molecule has 0 bridgehead atoms. The van der Waals surface area contributed by atoms with E-state index < -0.39 is 0 Å². The van der Waals surface area contributed by atoms with Crippen LogP contribution >= 0.6 is 11.8 Å². The van der Waals surface area contributed by atoms with Crippen molar-refractivity contribution in [3.8, 4) is 0 Å². The maximum Gasteiger partial charge on any atom is 0.322 e. The minimum atomic E-state index is 0.0466. The number of anilines is 1. The summed E-state index contributed by atoms with van der Waals surface area (Å²) in [5.41, 5.74) is 0.929. The van der Waals surface area contributed by atoms with Crippen molar-refractivity contribution in [2.24, 2.45) is 5.92 Å². The van der Waals surface area contributed by atoms with Gasteiger partial charge in [-0.1, -0.05) is 19.1 Å². The van der Waals surface area contributed by atoms with E-state index in [0.29, 0.717) is 12.0 Å². The Bertz CT molecular complexity index is 494. The van der Waals surface area contributed by atoms with Gasteiger partial charge in [0.25, 0.3) is 0 Å². The summed E-state index contributed by atoms with van der Waals surface area (Å²) in [7, 11) is 0. The lowest BCUT2D eigenvalue weighted by atomic mass is 10.1. The molecule has 3 rings (SSSR count). The van der Waals surface area contributed by atoms with Gasteiger partial charge in [-0.2, -0.15) is 0 Å². The second-order valence-corrected chi connectivity index (χ2v) is 6.63. The molecule has 108 valence electrons. The summed E-state index contributed by atoms with van der Waals surface area (Å²) in [6.45, 7) is 4.99. The number of carbonyl (C=O) groups is 1. The van der Waals surface area contributed by atoms with Crippen molar-refractivity contribution in [3.63, 3.8) is 0 Å². The van der Waals surface area contributed by atoms with E-state index in [-0.39, 0.29) is 6.03 Å². The van der Waals surface area contributed by atoms with E-state index in [0.717, 1.165) is 42.4 Å². The topological polar surface area (TPSA) is 44.4 Å². The predicted octanol–water partition coefficient (Wildman–Crippen LogP) is 2.62. The van der Waals surface area contributed by atoms with Crippen LogP contribution in [0, 0.1) is 5.92 Å². The standard InChI is InChI=1S/C15H21N3OS/c1-2-20-14-6-4-3-5-12(14)17-15(19)18-8-7-11-9-16-10-13(11)18/h3-6,11,13,16H,2,7-10H2,1H3,(H,17,19)/t11-,13+/m1/s1. The van der Waals surface area contributed by atoms with Gasteiger partial charge in [0.05, 0.1) is 5.69 Å². The number of likely N-dealkylation sites (tertiary alicyclic amines) is 1. The van der Waals surface area contributed by atoms with Crippen LogP contribution in [0.3, 0.4) is 0 Å². The summed E-state index contributed by atoms with van der Waals surface area (Å²) in [4.78, 5) is 15.6. The Morgan fingerprint density at radius 1 is 1.45 bits per heavy atom. The highest BCUT2D eigenvalue weighted by Gasteiger charge is 2.39. The first-order chi connectivity index (χ1) is 9.79. The molecule has 0 saturated carbocycles. The zero-order chi connectivity index (χ0) is 13.9. The Kier molecular flexibility index (Phi) is 4.17. The third kappa shape index (κ3) is 2.65. The monoisotopic (exact) mass is 291 g/mol. The second-order valence-electron chi connectivity index (χ2n) is 5.33. The van der Waals surface area contributed by atoms with Crippen LogP contribution in [0.25, 0.3) is 0 Å². The lowest BCUT2D eigenvalue weighted by Crippen LogP contribution is -2.41. The van der Waals surface area contributed by atoms with Crippen molar-refractivity contribution in [3.05, 3.63) is 24.3 Å². The number of para-hydroxylation sites is 1. The number of benzene rings is 1. The lowest BCUT2D eigenvalue weighted by molar-refractivity contribution is 0.206. The Morgan fingerprint density at radius 3 is 3.15 bits per heavy atom. The van der Waals surface area contributed by atoms with Gasteiger partial charge in [-0.05, 0) is 30.2 Å². The highest BCUT2D eigenvalue weighted by Crippen LogP contribution is 2.30.